The van der Waals surface area contributed by atoms with Crippen LogP contribution in [0.2, 0.25) is 0 Å². The standard InChI is InChI=1S/C17H29N5O2S/c1-13(2)11-22-16(21-7-9-24-10-8-21)19-20-17(22)25-12-15(23)18-14-5-3-4-6-14/h13-14H,3-12H2,1-2H3,(H,18,23). The number of aromatic nitrogens is 3. The summed E-state index contributed by atoms with van der Waals surface area (Å²) in [7, 11) is 0. The number of ether oxygens (including phenoxy) is 1. The molecule has 140 valence electrons. The van der Waals surface area contributed by atoms with Gasteiger partial charge in [-0.25, -0.2) is 0 Å². The Kier molecular flexibility index (Phi) is 6.58. The van der Waals surface area contributed by atoms with E-state index in [1.807, 2.05) is 0 Å². The van der Waals surface area contributed by atoms with Gasteiger partial charge >= 0.3 is 0 Å². The highest BCUT2D eigenvalue weighted by molar-refractivity contribution is 7.99. The lowest BCUT2D eigenvalue weighted by molar-refractivity contribution is -0.119. The van der Waals surface area contributed by atoms with Crippen molar-refractivity contribution in [1.82, 2.24) is 20.1 Å². The van der Waals surface area contributed by atoms with Crippen molar-refractivity contribution < 1.29 is 9.53 Å². The van der Waals surface area contributed by atoms with Crippen molar-refractivity contribution >= 4 is 23.6 Å². The monoisotopic (exact) mass is 367 g/mol. The number of nitrogens with one attached hydrogen (secondary N) is 1. The van der Waals surface area contributed by atoms with E-state index >= 15 is 0 Å². The van der Waals surface area contributed by atoms with Crippen LogP contribution in [0.5, 0.6) is 0 Å². The first-order valence-corrected chi connectivity index (χ1v) is 10.3. The molecule has 0 atom stereocenters. The molecule has 0 bridgehead atoms. The Morgan fingerprint density at radius 3 is 2.68 bits per heavy atom. The molecule has 0 radical (unpaired) electrons. The van der Waals surface area contributed by atoms with Crippen LogP contribution in [0.4, 0.5) is 5.95 Å². The molecule has 2 aliphatic rings. The van der Waals surface area contributed by atoms with Gasteiger partial charge in [-0.2, -0.15) is 0 Å². The number of hydrogen-bond acceptors (Lipinski definition) is 6. The Bertz CT molecular complexity index is 565. The number of thioether (sulfide) groups is 1. The molecular weight excluding hydrogens is 338 g/mol. The molecule has 2 heterocycles. The lowest BCUT2D eigenvalue weighted by atomic mass is 10.2. The van der Waals surface area contributed by atoms with Crippen LogP contribution in [0.15, 0.2) is 5.16 Å². The summed E-state index contributed by atoms with van der Waals surface area (Å²) in [4.78, 5) is 14.4. The minimum absolute atomic E-state index is 0.101. The average molecular weight is 368 g/mol. The molecule has 2 fully saturated rings. The SMILES string of the molecule is CC(C)Cn1c(SCC(=O)NC2CCCC2)nnc1N1CCOCC1. The van der Waals surface area contributed by atoms with Gasteiger partial charge in [0.15, 0.2) is 5.16 Å². The van der Waals surface area contributed by atoms with E-state index in [1.54, 1.807) is 0 Å². The quantitative estimate of drug-likeness (QED) is 0.743. The molecule has 0 spiro atoms. The molecule has 7 nitrogen and oxygen atoms in total. The van der Waals surface area contributed by atoms with Crippen LogP contribution < -0.4 is 10.2 Å². The third-order valence-electron chi connectivity index (χ3n) is 4.59. The molecule has 1 N–H and O–H groups in total. The topological polar surface area (TPSA) is 72.3 Å². The Labute approximate surface area is 153 Å². The molecule has 8 heteroatoms. The van der Waals surface area contributed by atoms with Crippen molar-refractivity contribution in [2.45, 2.75) is 57.3 Å². The van der Waals surface area contributed by atoms with Crippen LogP contribution in [0.3, 0.4) is 0 Å². The largest absolute Gasteiger partial charge is 0.378 e. The number of amides is 1. The van der Waals surface area contributed by atoms with Crippen LogP contribution >= 0.6 is 11.8 Å². The predicted octanol–water partition coefficient (Wildman–Crippen LogP) is 1.92. The second-order valence-corrected chi connectivity index (χ2v) is 8.17. The van der Waals surface area contributed by atoms with E-state index in [0.29, 0.717) is 17.7 Å². The summed E-state index contributed by atoms with van der Waals surface area (Å²) < 4.78 is 7.59. The maximum Gasteiger partial charge on any atom is 0.230 e. The summed E-state index contributed by atoms with van der Waals surface area (Å²) in [5.41, 5.74) is 0. The predicted molar refractivity (Wildman–Crippen MR) is 99.0 cm³/mol. The fourth-order valence-electron chi connectivity index (χ4n) is 3.38. The molecule has 1 saturated carbocycles. The average Bonchev–Trinajstić information content (AvgIpc) is 3.23. The van der Waals surface area contributed by atoms with Gasteiger partial charge in [0.1, 0.15) is 0 Å². The first kappa shape index (κ1) is 18.5. The fourth-order valence-corrected chi connectivity index (χ4v) is 4.13. The van der Waals surface area contributed by atoms with Crippen molar-refractivity contribution in [2.24, 2.45) is 5.92 Å². The normalized spacial score (nSPS) is 18.9. The van der Waals surface area contributed by atoms with E-state index in [1.165, 1.54) is 24.6 Å². The molecule has 1 aliphatic carbocycles. The van der Waals surface area contributed by atoms with Gasteiger partial charge in [-0.05, 0) is 18.8 Å². The van der Waals surface area contributed by atoms with Crippen LogP contribution in [-0.2, 0) is 16.1 Å². The summed E-state index contributed by atoms with van der Waals surface area (Å²) in [6.45, 7) is 8.34. The summed E-state index contributed by atoms with van der Waals surface area (Å²) in [6.07, 6.45) is 4.68. The maximum absolute atomic E-state index is 12.2. The smallest absolute Gasteiger partial charge is 0.230 e. The van der Waals surface area contributed by atoms with Gasteiger partial charge in [0.2, 0.25) is 11.9 Å². The number of anilines is 1. The highest BCUT2D eigenvalue weighted by Gasteiger charge is 2.22. The summed E-state index contributed by atoms with van der Waals surface area (Å²) in [5.74, 6) is 1.89. The molecule has 1 aliphatic heterocycles. The summed E-state index contributed by atoms with van der Waals surface area (Å²) >= 11 is 1.48. The lowest BCUT2D eigenvalue weighted by Gasteiger charge is -2.28. The minimum Gasteiger partial charge on any atom is -0.378 e. The zero-order valence-corrected chi connectivity index (χ0v) is 16.1. The van der Waals surface area contributed by atoms with Gasteiger partial charge in [0, 0.05) is 25.7 Å². The van der Waals surface area contributed by atoms with E-state index in [0.717, 1.165) is 56.8 Å². The van der Waals surface area contributed by atoms with Gasteiger partial charge in [-0.3, -0.25) is 9.36 Å². The van der Waals surface area contributed by atoms with Crippen molar-refractivity contribution in [3.63, 3.8) is 0 Å². The van der Waals surface area contributed by atoms with Crippen LogP contribution in [0.25, 0.3) is 0 Å². The molecule has 0 aromatic carbocycles. The number of carbonyl (C=O) groups is 1. The van der Waals surface area contributed by atoms with Gasteiger partial charge in [0.25, 0.3) is 0 Å². The molecule has 1 aromatic heterocycles. The second kappa shape index (κ2) is 8.89. The van der Waals surface area contributed by atoms with Crippen molar-refractivity contribution in [3.8, 4) is 0 Å². The van der Waals surface area contributed by atoms with E-state index in [2.05, 4.69) is 38.8 Å². The Morgan fingerprint density at radius 2 is 2.00 bits per heavy atom. The summed E-state index contributed by atoms with van der Waals surface area (Å²) in [5, 5.41) is 12.7. The van der Waals surface area contributed by atoms with E-state index in [-0.39, 0.29) is 5.91 Å². The van der Waals surface area contributed by atoms with Gasteiger partial charge in [0.05, 0.1) is 19.0 Å². The number of morpholine rings is 1. The molecule has 1 amide bonds. The first-order valence-electron chi connectivity index (χ1n) is 9.31. The molecule has 1 saturated heterocycles. The van der Waals surface area contributed by atoms with Crippen LogP contribution in [0.1, 0.15) is 39.5 Å². The number of rotatable bonds is 7. The Hall–Kier alpha value is -1.28. The maximum atomic E-state index is 12.2. The van der Waals surface area contributed by atoms with E-state index in [4.69, 9.17) is 4.74 Å². The molecule has 25 heavy (non-hydrogen) atoms. The van der Waals surface area contributed by atoms with E-state index < -0.39 is 0 Å². The molecular formula is C17H29N5O2S. The Morgan fingerprint density at radius 1 is 1.28 bits per heavy atom. The van der Waals surface area contributed by atoms with Crippen LogP contribution in [-0.4, -0.2) is 58.8 Å². The van der Waals surface area contributed by atoms with Crippen molar-refractivity contribution in [1.29, 1.82) is 0 Å². The molecule has 3 rings (SSSR count). The summed E-state index contributed by atoms with van der Waals surface area (Å²) in [6, 6.07) is 0.366. The Balaban J connectivity index is 1.62. The zero-order chi connectivity index (χ0) is 17.6. The van der Waals surface area contributed by atoms with E-state index in [9.17, 15) is 4.79 Å². The highest BCUT2D eigenvalue weighted by atomic mass is 32.2. The van der Waals surface area contributed by atoms with Crippen molar-refractivity contribution in [2.75, 3.05) is 37.0 Å². The second-order valence-electron chi connectivity index (χ2n) is 7.22. The van der Waals surface area contributed by atoms with Gasteiger partial charge in [-0.15, -0.1) is 10.2 Å². The number of carbonyl (C=O) groups excluding carboxylic acids is 1. The number of hydrogen-bond donors (Lipinski definition) is 1. The lowest BCUT2D eigenvalue weighted by Crippen LogP contribution is -2.38. The van der Waals surface area contributed by atoms with Crippen LogP contribution in [0, 0.1) is 5.92 Å². The third kappa shape index (κ3) is 5.10. The zero-order valence-electron chi connectivity index (χ0n) is 15.2. The third-order valence-corrected chi connectivity index (χ3v) is 5.56. The first-order chi connectivity index (χ1) is 12.1. The van der Waals surface area contributed by atoms with Crippen molar-refractivity contribution in [3.05, 3.63) is 0 Å². The number of nitrogens with zero attached hydrogens (tertiary/aromatic N) is 4. The van der Waals surface area contributed by atoms with Gasteiger partial charge < -0.3 is 15.0 Å². The molecule has 0 unspecified atom stereocenters. The van der Waals surface area contributed by atoms with Gasteiger partial charge in [-0.1, -0.05) is 38.5 Å². The highest BCUT2D eigenvalue weighted by Crippen LogP contribution is 2.24. The minimum atomic E-state index is 0.101. The fraction of sp³-hybridized carbons (Fsp3) is 0.824. The molecule has 1 aromatic rings.